The topological polar surface area (TPSA) is 99.6 Å². The van der Waals surface area contributed by atoms with Crippen molar-refractivity contribution in [1.82, 2.24) is 9.80 Å². The standard InChI is InChI=1S/C30H41N3O6/c1-5-9-18-31(16-6-2)29(37)26-30-15-14-23(39-30)24(25(30)28(36)33(26)19-20-34)27(35)32(17-7-3)21-10-12-22(13-11-21)38-8-4/h6-7,10-13,23-26,34H,2-3,5,8-9,14-20H2,1,4H3/t23-,24+,25-,26?,30?/m0/s1. The smallest absolute Gasteiger partial charge is 0.248 e. The fourth-order valence-corrected chi connectivity index (χ4v) is 6.55. The Labute approximate surface area is 231 Å². The van der Waals surface area contributed by atoms with E-state index in [0.29, 0.717) is 44.0 Å². The monoisotopic (exact) mass is 539 g/mol. The normalized spacial score (nSPS) is 26.8. The van der Waals surface area contributed by atoms with E-state index in [9.17, 15) is 19.5 Å². The summed E-state index contributed by atoms with van der Waals surface area (Å²) in [5, 5.41) is 9.83. The number of nitrogens with zero attached hydrogens (tertiary/aromatic N) is 3. The first-order valence-electron chi connectivity index (χ1n) is 14.0. The van der Waals surface area contributed by atoms with Crippen molar-refractivity contribution in [2.24, 2.45) is 11.8 Å². The molecular formula is C30H41N3O6. The van der Waals surface area contributed by atoms with Crippen LogP contribution in [0.1, 0.15) is 39.5 Å². The predicted octanol–water partition coefficient (Wildman–Crippen LogP) is 2.79. The number of hydrogen-bond donors (Lipinski definition) is 1. The van der Waals surface area contributed by atoms with Gasteiger partial charge in [0.1, 0.15) is 17.4 Å². The van der Waals surface area contributed by atoms with Gasteiger partial charge in [-0.3, -0.25) is 14.4 Å². The number of aliphatic hydroxyl groups is 1. The Morgan fingerprint density at radius 1 is 1.18 bits per heavy atom. The Balaban J connectivity index is 1.69. The van der Waals surface area contributed by atoms with Crippen molar-refractivity contribution in [3.63, 3.8) is 0 Å². The number of hydrogen-bond acceptors (Lipinski definition) is 6. The number of unbranched alkanes of at least 4 members (excludes halogenated alkanes) is 1. The highest BCUT2D eigenvalue weighted by atomic mass is 16.5. The number of likely N-dealkylation sites (tertiary alicyclic amines) is 1. The molecule has 3 heterocycles. The van der Waals surface area contributed by atoms with E-state index in [1.165, 1.54) is 4.90 Å². The van der Waals surface area contributed by atoms with Gasteiger partial charge >= 0.3 is 0 Å². The van der Waals surface area contributed by atoms with Gasteiger partial charge in [0, 0.05) is 31.9 Å². The zero-order valence-corrected chi connectivity index (χ0v) is 23.1. The van der Waals surface area contributed by atoms with Gasteiger partial charge in [0.2, 0.25) is 17.7 Å². The van der Waals surface area contributed by atoms with Gasteiger partial charge in [0.15, 0.2) is 0 Å². The minimum atomic E-state index is -1.10. The average Bonchev–Trinajstić information content (AvgIpc) is 3.57. The lowest BCUT2D eigenvalue weighted by atomic mass is 9.70. The molecule has 3 aliphatic heterocycles. The molecule has 9 nitrogen and oxygen atoms in total. The zero-order chi connectivity index (χ0) is 28.2. The van der Waals surface area contributed by atoms with Gasteiger partial charge in [-0.25, -0.2) is 0 Å². The molecule has 3 fully saturated rings. The molecule has 0 aromatic heterocycles. The number of ether oxygens (including phenoxy) is 2. The van der Waals surface area contributed by atoms with Crippen molar-refractivity contribution in [2.75, 3.05) is 44.3 Å². The Kier molecular flexibility index (Phi) is 9.12. The molecule has 1 aromatic rings. The maximum Gasteiger partial charge on any atom is 0.248 e. The molecule has 5 atom stereocenters. The third-order valence-corrected chi connectivity index (χ3v) is 8.14. The van der Waals surface area contributed by atoms with Crippen molar-refractivity contribution < 1.29 is 29.0 Å². The van der Waals surface area contributed by atoms with E-state index in [1.807, 2.05) is 31.2 Å². The van der Waals surface area contributed by atoms with Crippen LogP contribution in [0.25, 0.3) is 0 Å². The summed E-state index contributed by atoms with van der Waals surface area (Å²) in [5.41, 5.74) is -0.430. The summed E-state index contributed by atoms with van der Waals surface area (Å²) in [6.07, 6.45) is 5.70. The second-order valence-corrected chi connectivity index (χ2v) is 10.4. The number of amides is 3. The maximum atomic E-state index is 14.2. The minimum absolute atomic E-state index is 0.00734. The Bertz CT molecular complexity index is 1070. The molecule has 3 saturated heterocycles. The third kappa shape index (κ3) is 5.10. The molecule has 3 aliphatic rings. The van der Waals surface area contributed by atoms with Crippen LogP contribution in [0.3, 0.4) is 0 Å². The van der Waals surface area contributed by atoms with Crippen molar-refractivity contribution in [2.45, 2.75) is 57.3 Å². The number of β-amino-alcohol motifs (C(OH)–C–C–N with tert-alkyl or cyclic N) is 1. The minimum Gasteiger partial charge on any atom is -0.494 e. The van der Waals surface area contributed by atoms with Crippen LogP contribution >= 0.6 is 0 Å². The third-order valence-electron chi connectivity index (χ3n) is 8.14. The summed E-state index contributed by atoms with van der Waals surface area (Å²) < 4.78 is 12.1. The maximum absolute atomic E-state index is 14.2. The number of anilines is 1. The fourth-order valence-electron chi connectivity index (χ4n) is 6.55. The number of fused-ring (bicyclic) bond motifs is 1. The molecule has 2 unspecified atom stereocenters. The number of carbonyl (C=O) groups is 3. The molecule has 2 bridgehead atoms. The van der Waals surface area contributed by atoms with Crippen LogP contribution in [0.5, 0.6) is 5.75 Å². The fraction of sp³-hybridized carbons (Fsp3) is 0.567. The number of aliphatic hydroxyl groups excluding tert-OH is 1. The first-order valence-corrected chi connectivity index (χ1v) is 14.0. The van der Waals surface area contributed by atoms with Gasteiger partial charge in [-0.2, -0.15) is 0 Å². The quantitative estimate of drug-likeness (QED) is 0.365. The molecule has 9 heteroatoms. The van der Waals surface area contributed by atoms with E-state index in [4.69, 9.17) is 9.47 Å². The highest BCUT2D eigenvalue weighted by Crippen LogP contribution is 2.59. The first kappa shape index (κ1) is 28.8. The molecular weight excluding hydrogens is 498 g/mol. The predicted molar refractivity (Wildman–Crippen MR) is 148 cm³/mol. The van der Waals surface area contributed by atoms with Crippen molar-refractivity contribution in [1.29, 1.82) is 0 Å². The largest absolute Gasteiger partial charge is 0.494 e. The summed E-state index contributed by atoms with van der Waals surface area (Å²) in [6.45, 7) is 13.0. The van der Waals surface area contributed by atoms with Gasteiger partial charge < -0.3 is 29.3 Å². The molecule has 39 heavy (non-hydrogen) atoms. The van der Waals surface area contributed by atoms with Crippen LogP contribution in [-0.2, 0) is 19.1 Å². The van der Waals surface area contributed by atoms with E-state index >= 15 is 0 Å². The lowest BCUT2D eigenvalue weighted by molar-refractivity contribution is -0.148. The summed E-state index contributed by atoms with van der Waals surface area (Å²) in [6, 6.07) is 6.36. The molecule has 0 aliphatic carbocycles. The lowest BCUT2D eigenvalue weighted by Gasteiger charge is -2.36. The van der Waals surface area contributed by atoms with Crippen LogP contribution < -0.4 is 9.64 Å². The van der Waals surface area contributed by atoms with Gasteiger partial charge in [-0.05, 0) is 50.5 Å². The molecule has 1 aromatic carbocycles. The number of benzene rings is 1. The SMILES string of the molecule is C=CCN(CCCC)C(=O)C1N(CCO)C(=O)[C@@H]2[C@H](C(=O)N(CC=C)c3ccc(OCC)cc3)[C@@H]3CCC12O3. The Hall–Kier alpha value is -3.17. The summed E-state index contributed by atoms with van der Waals surface area (Å²) in [4.78, 5) is 46.9. The molecule has 0 saturated carbocycles. The zero-order valence-electron chi connectivity index (χ0n) is 23.1. The van der Waals surface area contributed by atoms with E-state index in [-0.39, 0.29) is 37.4 Å². The average molecular weight is 540 g/mol. The molecule has 4 rings (SSSR count). The van der Waals surface area contributed by atoms with Gasteiger partial charge in [-0.15, -0.1) is 13.2 Å². The highest BCUT2D eigenvalue weighted by molar-refractivity contribution is 6.03. The van der Waals surface area contributed by atoms with E-state index < -0.39 is 29.6 Å². The van der Waals surface area contributed by atoms with Crippen LogP contribution in [0.2, 0.25) is 0 Å². The summed E-state index contributed by atoms with van der Waals surface area (Å²) in [5.74, 6) is -1.57. The van der Waals surface area contributed by atoms with Crippen molar-refractivity contribution in [3.8, 4) is 5.75 Å². The highest BCUT2D eigenvalue weighted by Gasteiger charge is 2.74. The van der Waals surface area contributed by atoms with Crippen LogP contribution in [0.4, 0.5) is 5.69 Å². The first-order chi connectivity index (χ1) is 18.9. The van der Waals surface area contributed by atoms with E-state index in [2.05, 4.69) is 20.1 Å². The number of carbonyl (C=O) groups excluding carboxylic acids is 3. The van der Waals surface area contributed by atoms with Gasteiger partial charge in [0.05, 0.1) is 31.2 Å². The van der Waals surface area contributed by atoms with Crippen LogP contribution in [0.15, 0.2) is 49.6 Å². The molecule has 3 amide bonds. The van der Waals surface area contributed by atoms with Gasteiger partial charge in [-0.1, -0.05) is 25.5 Å². The van der Waals surface area contributed by atoms with E-state index in [1.54, 1.807) is 22.0 Å². The summed E-state index contributed by atoms with van der Waals surface area (Å²) >= 11 is 0. The Morgan fingerprint density at radius 3 is 2.51 bits per heavy atom. The van der Waals surface area contributed by atoms with Crippen LogP contribution in [0, 0.1) is 11.8 Å². The second kappa shape index (κ2) is 12.3. The van der Waals surface area contributed by atoms with Crippen molar-refractivity contribution in [3.05, 3.63) is 49.6 Å². The molecule has 212 valence electrons. The molecule has 1 spiro atoms. The number of rotatable bonds is 14. The summed E-state index contributed by atoms with van der Waals surface area (Å²) in [7, 11) is 0. The molecule has 0 radical (unpaired) electrons. The van der Waals surface area contributed by atoms with Crippen molar-refractivity contribution >= 4 is 23.4 Å². The van der Waals surface area contributed by atoms with Crippen LogP contribution in [-0.4, -0.2) is 89.8 Å². The molecule has 1 N–H and O–H groups in total. The Morgan fingerprint density at radius 2 is 1.90 bits per heavy atom. The lowest BCUT2D eigenvalue weighted by Crippen LogP contribution is -2.56. The van der Waals surface area contributed by atoms with E-state index in [0.717, 1.165) is 12.8 Å². The second-order valence-electron chi connectivity index (χ2n) is 10.4. The van der Waals surface area contributed by atoms with Gasteiger partial charge in [0.25, 0.3) is 0 Å².